The maximum atomic E-state index is 12.8. The second-order valence-corrected chi connectivity index (χ2v) is 18.0. The minimum Gasteiger partial charge on any atom is -0.462 e. The Labute approximate surface area is 363 Å². The molecule has 2 unspecified atom stereocenters. The molecule has 0 bridgehead atoms. The van der Waals surface area contributed by atoms with Crippen LogP contribution in [0, 0.1) is 0 Å². The number of carbonyl (C=O) groups excluding carboxylic acids is 2. The van der Waals surface area contributed by atoms with E-state index in [4.69, 9.17) is 18.9 Å². The highest BCUT2D eigenvalue weighted by Crippen LogP contribution is 2.24. The molecule has 0 amide bonds. The molecule has 0 aromatic carbocycles. The van der Waals surface area contributed by atoms with Crippen molar-refractivity contribution in [1.29, 1.82) is 0 Å². The quantitative estimate of drug-likeness (QED) is 0.0198. The van der Waals surface area contributed by atoms with Crippen molar-refractivity contribution < 1.29 is 56.8 Å². The van der Waals surface area contributed by atoms with E-state index in [1.165, 1.54) is 116 Å². The van der Waals surface area contributed by atoms with Gasteiger partial charge in [0.15, 0.2) is 12.4 Å². The lowest BCUT2D eigenvalue weighted by Crippen LogP contribution is -2.60. The zero-order valence-electron chi connectivity index (χ0n) is 37.1. The summed E-state index contributed by atoms with van der Waals surface area (Å²) in [7, 11) is -4.61. The summed E-state index contributed by atoms with van der Waals surface area (Å²) < 4.78 is 54.0. The summed E-state index contributed by atoms with van der Waals surface area (Å²) in [5.74, 6) is -2.04. The Morgan fingerprint density at radius 2 is 1.10 bits per heavy atom. The fourth-order valence-electron chi connectivity index (χ4n) is 7.17. The number of allylic oxidation sites excluding steroid dienone is 5. The number of hydrogen-bond donors (Lipinski definition) is 4. The minimum absolute atomic E-state index is 0.155. The molecule has 1 aliphatic rings. The zero-order valence-corrected chi connectivity index (χ0v) is 38.0. The molecule has 350 valence electrons. The molecule has 1 aliphatic heterocycles. The van der Waals surface area contributed by atoms with E-state index in [-0.39, 0.29) is 19.4 Å². The first-order chi connectivity index (χ1) is 29.0. The van der Waals surface area contributed by atoms with Crippen LogP contribution in [-0.2, 0) is 38.7 Å². The van der Waals surface area contributed by atoms with Gasteiger partial charge in [0.2, 0.25) is 0 Å². The average Bonchev–Trinajstić information content (AvgIpc) is 3.21. The van der Waals surface area contributed by atoms with Crippen molar-refractivity contribution in [3.63, 3.8) is 0 Å². The van der Waals surface area contributed by atoms with Gasteiger partial charge in [-0.15, -0.1) is 6.58 Å². The summed E-state index contributed by atoms with van der Waals surface area (Å²) in [5.41, 5.74) is 0. The molecule has 0 saturated carbocycles. The lowest BCUT2D eigenvalue weighted by Gasteiger charge is -2.40. The van der Waals surface area contributed by atoms with Crippen molar-refractivity contribution in [2.75, 3.05) is 19.0 Å². The SMILES string of the molecule is C=CCCCCCCCCCCCCCCCC(=O)O[C@H](COC(=O)CCC/C=C/C/C=C/CCCCCCCCCCC)CO[C@H]1O[C@H](CS(=O)(=O)O)[C@@H](O)C(O)C1O. The fourth-order valence-corrected chi connectivity index (χ4v) is 7.86. The molecule has 1 heterocycles. The predicted molar refractivity (Wildman–Crippen MR) is 238 cm³/mol. The normalized spacial score (nSPS) is 20.2. The van der Waals surface area contributed by atoms with Crippen molar-refractivity contribution >= 4 is 22.1 Å². The first-order valence-electron chi connectivity index (χ1n) is 23.5. The van der Waals surface area contributed by atoms with E-state index >= 15 is 0 Å². The molecule has 1 fully saturated rings. The van der Waals surface area contributed by atoms with E-state index in [9.17, 15) is 37.9 Å². The van der Waals surface area contributed by atoms with Gasteiger partial charge >= 0.3 is 11.9 Å². The molecular weight excluding hydrogens is 789 g/mol. The van der Waals surface area contributed by atoms with Crippen molar-refractivity contribution in [1.82, 2.24) is 0 Å². The number of ether oxygens (including phenoxy) is 4. The molecule has 0 aromatic rings. The van der Waals surface area contributed by atoms with Crippen LogP contribution >= 0.6 is 0 Å². The smallest absolute Gasteiger partial charge is 0.306 e. The van der Waals surface area contributed by atoms with Crippen LogP contribution in [0.25, 0.3) is 0 Å². The van der Waals surface area contributed by atoms with Crippen LogP contribution in [0.15, 0.2) is 37.0 Å². The van der Waals surface area contributed by atoms with Crippen molar-refractivity contribution in [2.45, 2.75) is 230 Å². The second-order valence-electron chi connectivity index (χ2n) is 16.5. The van der Waals surface area contributed by atoms with Gasteiger partial charge in [0.1, 0.15) is 36.8 Å². The second kappa shape index (κ2) is 37.4. The lowest BCUT2D eigenvalue weighted by atomic mass is 10.00. The summed E-state index contributed by atoms with van der Waals surface area (Å²) in [5, 5.41) is 30.9. The van der Waals surface area contributed by atoms with Gasteiger partial charge in [-0.3, -0.25) is 14.1 Å². The van der Waals surface area contributed by atoms with Gasteiger partial charge in [-0.25, -0.2) is 0 Å². The summed E-state index contributed by atoms with van der Waals surface area (Å²) in [6.07, 6.45) is 32.3. The van der Waals surface area contributed by atoms with Crippen molar-refractivity contribution in [3.05, 3.63) is 37.0 Å². The monoisotopic (exact) mass is 873 g/mol. The highest BCUT2D eigenvalue weighted by atomic mass is 32.2. The van der Waals surface area contributed by atoms with Gasteiger partial charge in [-0.2, -0.15) is 8.42 Å². The molecule has 13 heteroatoms. The molecule has 4 N–H and O–H groups in total. The zero-order chi connectivity index (χ0) is 44.1. The van der Waals surface area contributed by atoms with E-state index in [2.05, 4.69) is 31.7 Å². The third kappa shape index (κ3) is 31.7. The standard InChI is InChI=1S/C47H84O12S/c1-3-5-7-9-11-13-15-17-19-20-22-23-25-27-29-31-33-35-42(48)56-37-40(38-57-47-46(52)45(51)44(50)41(59-47)39-60(53,54)55)58-43(49)36-34-32-30-28-26-24-21-18-16-14-12-10-8-6-4-2/h4,22-23,27,29,40-41,44-47,50-52H,2-3,5-21,24-26,28,30-39H2,1H3,(H,53,54,55)/b23-22+,29-27+/t40-,41-,44-,45?,46?,47+/m1/s1. The van der Waals surface area contributed by atoms with Gasteiger partial charge in [-0.05, 0) is 51.4 Å². The summed E-state index contributed by atoms with van der Waals surface area (Å²) in [4.78, 5) is 25.4. The molecule has 12 nitrogen and oxygen atoms in total. The molecule has 1 rings (SSSR count). The van der Waals surface area contributed by atoms with Gasteiger partial charge in [0.05, 0.1) is 6.61 Å². The van der Waals surface area contributed by atoms with Gasteiger partial charge in [0, 0.05) is 12.8 Å². The van der Waals surface area contributed by atoms with Crippen LogP contribution in [0.3, 0.4) is 0 Å². The fraction of sp³-hybridized carbons (Fsp3) is 0.830. The van der Waals surface area contributed by atoms with Gasteiger partial charge < -0.3 is 34.3 Å². The Bertz CT molecular complexity index is 1240. The molecule has 1 saturated heterocycles. The summed E-state index contributed by atoms with van der Waals surface area (Å²) >= 11 is 0. The number of rotatable bonds is 40. The van der Waals surface area contributed by atoms with E-state index in [0.717, 1.165) is 38.5 Å². The average molecular weight is 873 g/mol. The number of unbranched alkanes of at least 4 members (excludes halogenated alkanes) is 23. The Balaban J connectivity index is 2.44. The van der Waals surface area contributed by atoms with Crippen molar-refractivity contribution in [2.24, 2.45) is 0 Å². The molecule has 0 aromatic heterocycles. The largest absolute Gasteiger partial charge is 0.462 e. The molecule has 0 spiro atoms. The van der Waals surface area contributed by atoms with Crippen LogP contribution in [0.2, 0.25) is 0 Å². The Morgan fingerprint density at radius 1 is 0.617 bits per heavy atom. The number of aliphatic hydroxyl groups excluding tert-OH is 3. The van der Waals surface area contributed by atoms with Gasteiger partial charge in [0.25, 0.3) is 10.1 Å². The molecule has 0 radical (unpaired) electrons. The number of carbonyl (C=O) groups is 2. The maximum Gasteiger partial charge on any atom is 0.306 e. The van der Waals surface area contributed by atoms with E-state index in [1.54, 1.807) is 0 Å². The third-order valence-electron chi connectivity index (χ3n) is 10.8. The Kier molecular flexibility index (Phi) is 34.9. The van der Waals surface area contributed by atoms with Crippen molar-refractivity contribution in [3.8, 4) is 0 Å². The first kappa shape index (κ1) is 55.9. The number of hydrogen-bond acceptors (Lipinski definition) is 11. The number of aliphatic hydroxyl groups is 3. The number of esters is 2. The van der Waals surface area contributed by atoms with E-state index < -0.39 is 71.2 Å². The lowest BCUT2D eigenvalue weighted by molar-refractivity contribution is -0.297. The molecular formula is C47H84O12S. The minimum atomic E-state index is -4.61. The topological polar surface area (TPSA) is 186 Å². The summed E-state index contributed by atoms with van der Waals surface area (Å²) in [6.45, 7) is 5.26. The first-order valence-corrected chi connectivity index (χ1v) is 25.1. The highest BCUT2D eigenvalue weighted by Gasteiger charge is 2.46. The molecule has 6 atom stereocenters. The van der Waals surface area contributed by atoms with Crippen LogP contribution in [0.4, 0.5) is 0 Å². The molecule has 60 heavy (non-hydrogen) atoms. The highest BCUT2D eigenvalue weighted by molar-refractivity contribution is 7.85. The van der Waals surface area contributed by atoms with Crippen LogP contribution in [-0.4, -0.2) is 96.0 Å². The Morgan fingerprint density at radius 3 is 1.63 bits per heavy atom. The predicted octanol–water partition coefficient (Wildman–Crippen LogP) is 9.78. The van der Waals surface area contributed by atoms with Gasteiger partial charge in [-0.1, -0.05) is 159 Å². The van der Waals surface area contributed by atoms with Crippen LogP contribution in [0.5, 0.6) is 0 Å². The van der Waals surface area contributed by atoms with Crippen LogP contribution in [0.1, 0.15) is 193 Å². The van der Waals surface area contributed by atoms with E-state index in [0.29, 0.717) is 19.3 Å². The summed E-state index contributed by atoms with van der Waals surface area (Å²) in [6, 6.07) is 0. The van der Waals surface area contributed by atoms with E-state index in [1.807, 2.05) is 12.2 Å². The van der Waals surface area contributed by atoms with Crippen LogP contribution < -0.4 is 0 Å². The third-order valence-corrected chi connectivity index (χ3v) is 11.6. The Hall–Kier alpha value is -2.13. The maximum absolute atomic E-state index is 12.8. The molecule has 0 aliphatic carbocycles.